The summed E-state index contributed by atoms with van der Waals surface area (Å²) in [7, 11) is 0. The van der Waals surface area contributed by atoms with E-state index in [-0.39, 0.29) is 6.04 Å². The molecule has 1 atom stereocenters. The van der Waals surface area contributed by atoms with Gasteiger partial charge in [-0.15, -0.1) is 0 Å². The van der Waals surface area contributed by atoms with Crippen molar-refractivity contribution in [2.75, 3.05) is 13.2 Å². The van der Waals surface area contributed by atoms with Crippen LogP contribution < -0.4 is 5.32 Å². The van der Waals surface area contributed by atoms with Gasteiger partial charge in [0.15, 0.2) is 0 Å². The van der Waals surface area contributed by atoms with Crippen molar-refractivity contribution in [1.82, 2.24) is 5.32 Å². The normalized spacial score (nSPS) is 18.8. The summed E-state index contributed by atoms with van der Waals surface area (Å²) in [4.78, 5) is 3.91. The van der Waals surface area contributed by atoms with Crippen LogP contribution in [0.2, 0.25) is 0 Å². The summed E-state index contributed by atoms with van der Waals surface area (Å²) in [6.45, 7) is 1.43. The van der Waals surface area contributed by atoms with Gasteiger partial charge < -0.3 is 10.1 Å². The quantitative estimate of drug-likeness (QED) is 0.839. The van der Waals surface area contributed by atoms with Crippen molar-refractivity contribution in [1.29, 1.82) is 0 Å². The summed E-state index contributed by atoms with van der Waals surface area (Å²) in [5.74, 6) is -1.10. The van der Waals surface area contributed by atoms with Gasteiger partial charge in [0.2, 0.25) is 0 Å². The summed E-state index contributed by atoms with van der Waals surface area (Å²) in [5.41, 5.74) is 0.438. The SMILES string of the molecule is Fc1ccc(CNCC2CO[C]=N2)c(F)c1. The summed E-state index contributed by atoms with van der Waals surface area (Å²) in [6, 6.07) is 3.58. The number of hydrogen-bond acceptors (Lipinski definition) is 3. The molecule has 1 unspecified atom stereocenters. The fraction of sp³-hybridized carbons (Fsp3) is 0.364. The molecule has 1 heterocycles. The molecular weight excluding hydrogens is 214 g/mol. The number of rotatable bonds is 4. The molecule has 3 nitrogen and oxygen atoms in total. The highest BCUT2D eigenvalue weighted by atomic mass is 19.1. The molecule has 1 N–H and O–H groups in total. The van der Waals surface area contributed by atoms with Crippen LogP contribution in [0.3, 0.4) is 0 Å². The molecule has 2 rings (SSSR count). The maximum Gasteiger partial charge on any atom is 0.273 e. The maximum absolute atomic E-state index is 13.2. The van der Waals surface area contributed by atoms with E-state index in [0.29, 0.717) is 25.3 Å². The molecule has 0 saturated carbocycles. The van der Waals surface area contributed by atoms with Crippen molar-refractivity contribution in [2.24, 2.45) is 4.99 Å². The van der Waals surface area contributed by atoms with Crippen molar-refractivity contribution in [3.63, 3.8) is 0 Å². The minimum absolute atomic E-state index is 0.0310. The van der Waals surface area contributed by atoms with Crippen molar-refractivity contribution < 1.29 is 13.5 Å². The Kier molecular flexibility index (Phi) is 3.46. The van der Waals surface area contributed by atoms with Gasteiger partial charge >= 0.3 is 0 Å². The zero-order chi connectivity index (χ0) is 11.4. The minimum Gasteiger partial charge on any atom is -0.472 e. The molecule has 0 spiro atoms. The highest BCUT2D eigenvalue weighted by Crippen LogP contribution is 2.09. The van der Waals surface area contributed by atoms with Crippen LogP contribution in [-0.2, 0) is 11.3 Å². The zero-order valence-corrected chi connectivity index (χ0v) is 8.54. The predicted octanol–water partition coefficient (Wildman–Crippen LogP) is 1.36. The molecule has 1 aliphatic rings. The third-order valence-electron chi connectivity index (χ3n) is 2.29. The molecule has 0 amide bonds. The van der Waals surface area contributed by atoms with Crippen LogP contribution >= 0.6 is 0 Å². The molecule has 0 bridgehead atoms. The fourth-order valence-electron chi connectivity index (χ4n) is 1.43. The van der Waals surface area contributed by atoms with Gasteiger partial charge in [-0.05, 0) is 6.07 Å². The average Bonchev–Trinajstić information content (AvgIpc) is 2.74. The standard InChI is InChI=1S/C11H11F2N2O/c12-9-2-1-8(11(13)3-9)4-14-5-10-6-16-7-15-10/h1-3,10,14H,4-6H2. The van der Waals surface area contributed by atoms with Crippen LogP contribution in [0.15, 0.2) is 23.2 Å². The van der Waals surface area contributed by atoms with Crippen molar-refractivity contribution in [3.05, 3.63) is 35.4 Å². The number of ether oxygens (including phenoxy) is 1. The van der Waals surface area contributed by atoms with Gasteiger partial charge in [-0.3, -0.25) is 0 Å². The summed E-state index contributed by atoms with van der Waals surface area (Å²) in [5, 5.41) is 3.03. The van der Waals surface area contributed by atoms with Gasteiger partial charge in [-0.1, -0.05) is 6.07 Å². The number of hydrogen-bond donors (Lipinski definition) is 1. The number of nitrogens with one attached hydrogen (secondary N) is 1. The molecule has 0 fully saturated rings. The molecular formula is C11H11F2N2O. The van der Waals surface area contributed by atoms with Crippen LogP contribution in [-0.4, -0.2) is 25.6 Å². The smallest absolute Gasteiger partial charge is 0.273 e. The first-order chi connectivity index (χ1) is 7.75. The molecule has 1 radical (unpaired) electrons. The topological polar surface area (TPSA) is 33.6 Å². The van der Waals surface area contributed by atoms with Gasteiger partial charge in [0.25, 0.3) is 6.40 Å². The molecule has 16 heavy (non-hydrogen) atoms. The number of nitrogens with zero attached hydrogens (tertiary/aromatic N) is 1. The molecule has 85 valence electrons. The largest absolute Gasteiger partial charge is 0.472 e. The van der Waals surface area contributed by atoms with E-state index in [2.05, 4.69) is 16.7 Å². The van der Waals surface area contributed by atoms with E-state index >= 15 is 0 Å². The number of halogens is 2. The highest BCUT2D eigenvalue weighted by molar-refractivity contribution is 5.48. The van der Waals surface area contributed by atoms with Crippen LogP contribution in [0.5, 0.6) is 0 Å². The second-order valence-electron chi connectivity index (χ2n) is 3.55. The second-order valence-corrected chi connectivity index (χ2v) is 3.55. The molecule has 0 aliphatic carbocycles. The van der Waals surface area contributed by atoms with Gasteiger partial charge in [0.05, 0.1) is 0 Å². The highest BCUT2D eigenvalue weighted by Gasteiger charge is 2.12. The lowest BCUT2D eigenvalue weighted by molar-refractivity contribution is 0.323. The molecule has 0 aromatic heterocycles. The Morgan fingerprint density at radius 2 is 2.38 bits per heavy atom. The first-order valence-electron chi connectivity index (χ1n) is 4.97. The monoisotopic (exact) mass is 225 g/mol. The Labute approximate surface area is 92.1 Å². The lowest BCUT2D eigenvalue weighted by atomic mass is 10.2. The summed E-state index contributed by atoms with van der Waals surface area (Å²) < 4.78 is 30.6. The Balaban J connectivity index is 1.82. The van der Waals surface area contributed by atoms with E-state index in [1.807, 2.05) is 0 Å². The Hall–Kier alpha value is -1.49. The Morgan fingerprint density at radius 1 is 1.50 bits per heavy atom. The van der Waals surface area contributed by atoms with Crippen LogP contribution in [0, 0.1) is 11.6 Å². The van der Waals surface area contributed by atoms with Crippen LogP contribution in [0.1, 0.15) is 5.56 Å². The number of aliphatic imine (C=N–C) groups is 1. The lowest BCUT2D eigenvalue weighted by Crippen LogP contribution is -2.26. The summed E-state index contributed by atoms with van der Waals surface area (Å²) in [6.07, 6.45) is 2.40. The van der Waals surface area contributed by atoms with E-state index in [0.717, 1.165) is 6.07 Å². The van der Waals surface area contributed by atoms with Gasteiger partial charge in [0.1, 0.15) is 24.3 Å². The van der Waals surface area contributed by atoms with E-state index in [4.69, 9.17) is 4.74 Å². The zero-order valence-electron chi connectivity index (χ0n) is 8.54. The van der Waals surface area contributed by atoms with Crippen molar-refractivity contribution in [3.8, 4) is 0 Å². The lowest BCUT2D eigenvalue weighted by Gasteiger charge is -2.08. The molecule has 1 aliphatic heterocycles. The predicted molar refractivity (Wildman–Crippen MR) is 55.2 cm³/mol. The van der Waals surface area contributed by atoms with Crippen LogP contribution in [0.25, 0.3) is 0 Å². The summed E-state index contributed by atoms with van der Waals surface area (Å²) >= 11 is 0. The van der Waals surface area contributed by atoms with Crippen LogP contribution in [0.4, 0.5) is 8.78 Å². The maximum atomic E-state index is 13.2. The first-order valence-corrected chi connectivity index (χ1v) is 4.97. The second kappa shape index (κ2) is 5.03. The van der Waals surface area contributed by atoms with Gasteiger partial charge in [-0.2, -0.15) is 0 Å². The average molecular weight is 225 g/mol. The van der Waals surface area contributed by atoms with Crippen molar-refractivity contribution >= 4 is 6.40 Å². The molecule has 1 aromatic carbocycles. The van der Waals surface area contributed by atoms with Gasteiger partial charge in [0, 0.05) is 24.7 Å². The third kappa shape index (κ3) is 2.76. The minimum atomic E-state index is -0.565. The first kappa shape index (κ1) is 11.0. The van der Waals surface area contributed by atoms with E-state index in [1.54, 1.807) is 0 Å². The van der Waals surface area contributed by atoms with E-state index in [1.165, 1.54) is 12.1 Å². The Morgan fingerprint density at radius 3 is 3.06 bits per heavy atom. The van der Waals surface area contributed by atoms with E-state index in [9.17, 15) is 8.78 Å². The van der Waals surface area contributed by atoms with E-state index < -0.39 is 11.6 Å². The molecule has 0 saturated heterocycles. The Bertz CT molecular complexity index is 396. The van der Waals surface area contributed by atoms with Gasteiger partial charge in [-0.25, -0.2) is 13.8 Å². The molecule has 1 aromatic rings. The fourth-order valence-corrected chi connectivity index (χ4v) is 1.43. The third-order valence-corrected chi connectivity index (χ3v) is 2.29. The van der Waals surface area contributed by atoms with Crippen molar-refractivity contribution in [2.45, 2.75) is 12.6 Å². The molecule has 5 heteroatoms. The number of benzene rings is 1.